The van der Waals surface area contributed by atoms with Gasteiger partial charge < -0.3 is 9.88 Å². The van der Waals surface area contributed by atoms with E-state index in [0.717, 1.165) is 25.3 Å². The fourth-order valence-electron chi connectivity index (χ4n) is 2.35. The normalized spacial score (nSPS) is 12.6. The zero-order valence-electron chi connectivity index (χ0n) is 12.1. The Bertz CT molecular complexity index is 516. The van der Waals surface area contributed by atoms with Crippen molar-refractivity contribution in [3.63, 3.8) is 0 Å². The first-order chi connectivity index (χ1) is 9.26. The van der Waals surface area contributed by atoms with Gasteiger partial charge in [-0.05, 0) is 32.4 Å². The van der Waals surface area contributed by atoms with Gasteiger partial charge in [0.2, 0.25) is 0 Å². The fraction of sp³-hybridized carbons (Fsp3) is 0.438. The van der Waals surface area contributed by atoms with Crippen LogP contribution in [0.5, 0.6) is 0 Å². The second kappa shape index (κ2) is 6.53. The zero-order valence-corrected chi connectivity index (χ0v) is 12.1. The Kier molecular flexibility index (Phi) is 4.74. The Labute approximate surface area is 115 Å². The number of rotatable bonds is 6. The highest BCUT2D eigenvalue weighted by atomic mass is 15.1. The number of hydrogen-bond donors (Lipinski definition) is 1. The molecule has 0 aliphatic heterocycles. The average molecular weight is 257 g/mol. The lowest BCUT2D eigenvalue weighted by atomic mass is 10.0. The van der Waals surface area contributed by atoms with E-state index in [2.05, 4.69) is 59.9 Å². The van der Waals surface area contributed by atoms with Crippen molar-refractivity contribution in [1.29, 1.82) is 0 Å². The first-order valence-electron chi connectivity index (χ1n) is 7.07. The summed E-state index contributed by atoms with van der Waals surface area (Å²) in [5.74, 6) is 1.10. The van der Waals surface area contributed by atoms with Crippen LogP contribution in [0.1, 0.15) is 43.3 Å². The van der Waals surface area contributed by atoms with E-state index in [1.54, 1.807) is 0 Å². The van der Waals surface area contributed by atoms with Gasteiger partial charge >= 0.3 is 0 Å². The first-order valence-corrected chi connectivity index (χ1v) is 7.07. The summed E-state index contributed by atoms with van der Waals surface area (Å²) in [5.41, 5.74) is 2.57. The molecule has 0 saturated carbocycles. The Morgan fingerprint density at radius 3 is 2.84 bits per heavy atom. The molecule has 0 fully saturated rings. The molecule has 3 nitrogen and oxygen atoms in total. The van der Waals surface area contributed by atoms with Crippen molar-refractivity contribution in [2.24, 2.45) is 0 Å². The third kappa shape index (κ3) is 3.24. The van der Waals surface area contributed by atoms with Gasteiger partial charge in [0, 0.05) is 18.9 Å². The third-order valence-corrected chi connectivity index (χ3v) is 3.32. The number of nitrogens with zero attached hydrogens (tertiary/aromatic N) is 2. The molecule has 1 aromatic carbocycles. The van der Waals surface area contributed by atoms with E-state index >= 15 is 0 Å². The lowest BCUT2D eigenvalue weighted by Crippen LogP contribution is -2.26. The number of benzene rings is 1. The zero-order chi connectivity index (χ0) is 13.7. The van der Waals surface area contributed by atoms with E-state index in [-0.39, 0.29) is 6.04 Å². The molecule has 1 atom stereocenters. The SMILES string of the molecule is CCCNC(c1cccc(C)c1)c1nccn1CC. The number of imidazole rings is 1. The molecule has 3 heteroatoms. The lowest BCUT2D eigenvalue weighted by Gasteiger charge is -2.20. The van der Waals surface area contributed by atoms with E-state index in [1.807, 2.05) is 12.4 Å². The summed E-state index contributed by atoms with van der Waals surface area (Å²) >= 11 is 0. The van der Waals surface area contributed by atoms with Gasteiger partial charge in [0.05, 0.1) is 6.04 Å². The molecule has 0 aliphatic carbocycles. The highest BCUT2D eigenvalue weighted by molar-refractivity contribution is 5.29. The van der Waals surface area contributed by atoms with E-state index in [9.17, 15) is 0 Å². The number of hydrogen-bond acceptors (Lipinski definition) is 2. The molecule has 102 valence electrons. The largest absolute Gasteiger partial charge is 0.334 e. The summed E-state index contributed by atoms with van der Waals surface area (Å²) in [6.45, 7) is 8.41. The van der Waals surface area contributed by atoms with Gasteiger partial charge in [-0.25, -0.2) is 4.98 Å². The monoisotopic (exact) mass is 257 g/mol. The van der Waals surface area contributed by atoms with Crippen LogP contribution in [0.4, 0.5) is 0 Å². The fourth-order valence-corrected chi connectivity index (χ4v) is 2.35. The lowest BCUT2D eigenvalue weighted by molar-refractivity contribution is 0.541. The predicted molar refractivity (Wildman–Crippen MR) is 79.2 cm³/mol. The maximum absolute atomic E-state index is 4.55. The van der Waals surface area contributed by atoms with Crippen molar-refractivity contribution in [3.05, 3.63) is 53.6 Å². The topological polar surface area (TPSA) is 29.9 Å². The maximum atomic E-state index is 4.55. The molecular weight excluding hydrogens is 234 g/mol. The van der Waals surface area contributed by atoms with Crippen LogP contribution < -0.4 is 5.32 Å². The molecule has 2 aromatic rings. The van der Waals surface area contributed by atoms with Crippen LogP contribution in [0.2, 0.25) is 0 Å². The molecule has 1 N–H and O–H groups in total. The summed E-state index contributed by atoms with van der Waals surface area (Å²) in [6, 6.07) is 8.84. The minimum atomic E-state index is 0.176. The Morgan fingerprint density at radius 1 is 1.32 bits per heavy atom. The first kappa shape index (κ1) is 13.8. The van der Waals surface area contributed by atoms with Gasteiger partial charge in [-0.1, -0.05) is 36.8 Å². The third-order valence-electron chi connectivity index (χ3n) is 3.32. The summed E-state index contributed by atoms with van der Waals surface area (Å²) in [5, 5.41) is 3.61. The molecule has 1 unspecified atom stereocenters. The summed E-state index contributed by atoms with van der Waals surface area (Å²) in [7, 11) is 0. The van der Waals surface area contributed by atoms with Crippen molar-refractivity contribution in [3.8, 4) is 0 Å². The molecule has 1 aromatic heterocycles. The van der Waals surface area contributed by atoms with Gasteiger partial charge in [0.1, 0.15) is 5.82 Å². The van der Waals surface area contributed by atoms with Gasteiger partial charge in [0.15, 0.2) is 0 Å². The number of nitrogens with one attached hydrogen (secondary N) is 1. The summed E-state index contributed by atoms with van der Waals surface area (Å²) in [6.07, 6.45) is 5.05. The Morgan fingerprint density at radius 2 is 2.16 bits per heavy atom. The standard InChI is InChI=1S/C16H23N3/c1-4-9-17-15(14-8-6-7-13(3)12-14)16-18-10-11-19(16)5-2/h6-8,10-12,15,17H,4-5,9H2,1-3H3. The second-order valence-corrected chi connectivity index (χ2v) is 4.87. The van der Waals surface area contributed by atoms with Crippen LogP contribution in [0.3, 0.4) is 0 Å². The van der Waals surface area contributed by atoms with Crippen molar-refractivity contribution < 1.29 is 0 Å². The van der Waals surface area contributed by atoms with E-state index in [1.165, 1.54) is 11.1 Å². The highest BCUT2D eigenvalue weighted by Crippen LogP contribution is 2.21. The smallest absolute Gasteiger partial charge is 0.130 e. The Balaban J connectivity index is 2.35. The molecule has 0 aliphatic rings. The van der Waals surface area contributed by atoms with Gasteiger partial charge in [-0.3, -0.25) is 0 Å². The number of aryl methyl sites for hydroxylation is 2. The molecule has 1 heterocycles. The second-order valence-electron chi connectivity index (χ2n) is 4.87. The summed E-state index contributed by atoms with van der Waals surface area (Å²) < 4.78 is 2.20. The van der Waals surface area contributed by atoms with Crippen LogP contribution in [0.25, 0.3) is 0 Å². The molecule has 19 heavy (non-hydrogen) atoms. The molecule has 0 bridgehead atoms. The van der Waals surface area contributed by atoms with Crippen LogP contribution in [-0.4, -0.2) is 16.1 Å². The number of aromatic nitrogens is 2. The molecule has 2 rings (SSSR count). The van der Waals surface area contributed by atoms with Gasteiger partial charge in [-0.15, -0.1) is 0 Å². The van der Waals surface area contributed by atoms with Crippen molar-refractivity contribution in [1.82, 2.24) is 14.9 Å². The molecular formula is C16H23N3. The van der Waals surface area contributed by atoms with Gasteiger partial charge in [-0.2, -0.15) is 0 Å². The van der Waals surface area contributed by atoms with Crippen molar-refractivity contribution in [2.45, 2.75) is 39.8 Å². The van der Waals surface area contributed by atoms with Crippen LogP contribution >= 0.6 is 0 Å². The maximum Gasteiger partial charge on any atom is 0.130 e. The molecule has 0 saturated heterocycles. The quantitative estimate of drug-likeness (QED) is 0.860. The average Bonchev–Trinajstić information content (AvgIpc) is 2.88. The van der Waals surface area contributed by atoms with Gasteiger partial charge in [0.25, 0.3) is 0 Å². The van der Waals surface area contributed by atoms with Crippen LogP contribution in [-0.2, 0) is 6.54 Å². The van der Waals surface area contributed by atoms with Crippen molar-refractivity contribution in [2.75, 3.05) is 6.54 Å². The Hall–Kier alpha value is -1.61. The summed E-state index contributed by atoms with van der Waals surface area (Å²) in [4.78, 5) is 4.55. The molecule has 0 spiro atoms. The predicted octanol–water partition coefficient (Wildman–Crippen LogP) is 3.30. The van der Waals surface area contributed by atoms with Crippen LogP contribution in [0.15, 0.2) is 36.7 Å². The van der Waals surface area contributed by atoms with E-state index < -0.39 is 0 Å². The molecule has 0 amide bonds. The molecule has 0 radical (unpaired) electrons. The van der Waals surface area contributed by atoms with Crippen molar-refractivity contribution >= 4 is 0 Å². The minimum absolute atomic E-state index is 0.176. The van der Waals surface area contributed by atoms with Crippen LogP contribution in [0, 0.1) is 6.92 Å². The highest BCUT2D eigenvalue weighted by Gasteiger charge is 2.17. The van der Waals surface area contributed by atoms with E-state index in [0.29, 0.717) is 0 Å². The van der Waals surface area contributed by atoms with E-state index in [4.69, 9.17) is 0 Å². The minimum Gasteiger partial charge on any atom is -0.334 e.